The van der Waals surface area contributed by atoms with Gasteiger partial charge in [-0.25, -0.2) is 9.48 Å². The summed E-state index contributed by atoms with van der Waals surface area (Å²) in [5.74, 6) is -2.10. The van der Waals surface area contributed by atoms with E-state index >= 15 is 0 Å². The molecule has 1 aliphatic carbocycles. The Morgan fingerprint density at radius 2 is 1.85 bits per heavy atom. The van der Waals surface area contributed by atoms with Gasteiger partial charge in [0.1, 0.15) is 17.0 Å². The summed E-state index contributed by atoms with van der Waals surface area (Å²) in [7, 11) is 0. The zero-order valence-corrected chi connectivity index (χ0v) is 24.8. The Morgan fingerprint density at radius 1 is 1.02 bits per heavy atom. The number of nitrogens with one attached hydrogen (secondary N) is 1. The van der Waals surface area contributed by atoms with E-state index in [1.54, 1.807) is 22.9 Å². The molecule has 2 N–H and O–H groups in total. The number of carboxylic acids is 1. The number of halogens is 4. The molecule has 1 aromatic heterocycles. The maximum atomic E-state index is 13.2. The second-order valence-electron chi connectivity index (χ2n) is 10.8. The van der Waals surface area contributed by atoms with Crippen LogP contribution in [0.4, 0.5) is 13.2 Å². The van der Waals surface area contributed by atoms with Gasteiger partial charge in [0.25, 0.3) is 5.91 Å². The molecule has 236 valence electrons. The van der Waals surface area contributed by atoms with Gasteiger partial charge in [-0.2, -0.15) is 0 Å². The molecule has 0 bridgehead atoms. The van der Waals surface area contributed by atoms with Gasteiger partial charge in [-0.05, 0) is 84.5 Å². The van der Waals surface area contributed by atoms with Gasteiger partial charge < -0.3 is 19.9 Å². The number of aryl methyl sites for hydroxylation is 1. The number of carbonyl (C=O) groups is 2. The molecule has 13 heteroatoms. The molecule has 2 atom stereocenters. The van der Waals surface area contributed by atoms with Crippen LogP contribution in [0.1, 0.15) is 57.6 Å². The number of aliphatic carboxylic acids is 1. The number of amides is 1. The SMILES string of the molecule is O=C(NC1CCCc2ccccc21)c1ccc2c(c1)nnn2Cc1cc(OC(C(=O)O)c2cccc(OC(F)(F)F)c2)ccc1Cl. The van der Waals surface area contributed by atoms with Crippen LogP contribution in [0, 0.1) is 0 Å². The lowest BCUT2D eigenvalue weighted by Gasteiger charge is -2.26. The summed E-state index contributed by atoms with van der Waals surface area (Å²) in [5.41, 5.74) is 4.41. The van der Waals surface area contributed by atoms with Crippen LogP contribution in [0.15, 0.2) is 84.9 Å². The van der Waals surface area contributed by atoms with E-state index in [-0.39, 0.29) is 29.8 Å². The molecule has 0 saturated carbocycles. The van der Waals surface area contributed by atoms with Crippen LogP contribution in [0.25, 0.3) is 11.0 Å². The van der Waals surface area contributed by atoms with E-state index in [9.17, 15) is 27.9 Å². The van der Waals surface area contributed by atoms with E-state index in [1.807, 2.05) is 18.2 Å². The molecular formula is C33H26ClF3N4O5. The maximum absolute atomic E-state index is 13.2. The van der Waals surface area contributed by atoms with Crippen LogP contribution in [0.2, 0.25) is 5.02 Å². The number of ether oxygens (including phenoxy) is 2. The molecule has 5 aromatic rings. The Bertz CT molecular complexity index is 1930. The van der Waals surface area contributed by atoms with Crippen molar-refractivity contribution in [3.8, 4) is 11.5 Å². The quantitative estimate of drug-likeness (QED) is 0.176. The van der Waals surface area contributed by atoms with Crippen molar-refractivity contribution in [1.82, 2.24) is 20.3 Å². The monoisotopic (exact) mass is 650 g/mol. The molecule has 0 spiro atoms. The van der Waals surface area contributed by atoms with Crippen molar-refractivity contribution < 1.29 is 37.3 Å². The van der Waals surface area contributed by atoms with Gasteiger partial charge in [0.05, 0.1) is 18.1 Å². The minimum atomic E-state index is -4.94. The fourth-order valence-electron chi connectivity index (χ4n) is 5.55. The largest absolute Gasteiger partial charge is 0.573 e. The van der Waals surface area contributed by atoms with Gasteiger partial charge >= 0.3 is 12.3 Å². The molecule has 2 unspecified atom stereocenters. The van der Waals surface area contributed by atoms with Crippen molar-refractivity contribution in [2.24, 2.45) is 0 Å². The molecule has 9 nitrogen and oxygen atoms in total. The third-order valence-corrected chi connectivity index (χ3v) is 8.03. The van der Waals surface area contributed by atoms with Gasteiger partial charge in [-0.15, -0.1) is 18.3 Å². The lowest BCUT2D eigenvalue weighted by atomic mass is 9.87. The average Bonchev–Trinajstić information content (AvgIpc) is 3.42. The Kier molecular flexibility index (Phi) is 8.55. The molecular weight excluding hydrogens is 625 g/mol. The standard InChI is InChI=1S/C33H26ClF3N4O5/c34-26-13-12-23(45-30(32(43)44)20-7-3-8-24(15-20)46-33(35,36)37)16-22(26)18-41-29-14-11-21(17-28(29)39-40-41)31(42)38-27-10-4-6-19-5-1-2-9-25(19)27/h1-3,5,7-9,11-17,27,30H,4,6,10,18H2,(H,38,42)(H,43,44). The molecule has 0 fully saturated rings. The lowest BCUT2D eigenvalue weighted by Crippen LogP contribution is -2.30. The van der Waals surface area contributed by atoms with Crippen LogP contribution in [-0.4, -0.2) is 38.3 Å². The number of fused-ring (bicyclic) bond motifs is 2. The summed E-state index contributed by atoms with van der Waals surface area (Å²) in [6, 6.07) is 22.2. The van der Waals surface area contributed by atoms with E-state index in [0.717, 1.165) is 37.0 Å². The average molecular weight is 651 g/mol. The van der Waals surface area contributed by atoms with E-state index in [0.29, 0.717) is 27.2 Å². The number of hydrogen-bond acceptors (Lipinski definition) is 6. The molecule has 0 aliphatic heterocycles. The lowest BCUT2D eigenvalue weighted by molar-refractivity contribution is -0.274. The van der Waals surface area contributed by atoms with Crippen molar-refractivity contribution in [2.45, 2.75) is 44.3 Å². The van der Waals surface area contributed by atoms with Crippen molar-refractivity contribution in [1.29, 1.82) is 0 Å². The van der Waals surface area contributed by atoms with Gasteiger partial charge in [0.15, 0.2) is 0 Å². The highest BCUT2D eigenvalue weighted by atomic mass is 35.5. The number of hydrogen-bond donors (Lipinski definition) is 2. The molecule has 6 rings (SSSR count). The Labute approximate surface area is 265 Å². The van der Waals surface area contributed by atoms with E-state index in [1.165, 1.54) is 35.9 Å². The van der Waals surface area contributed by atoms with Crippen LogP contribution < -0.4 is 14.8 Å². The Balaban J connectivity index is 1.18. The first-order chi connectivity index (χ1) is 22.0. The van der Waals surface area contributed by atoms with Crippen LogP contribution in [0.3, 0.4) is 0 Å². The minimum absolute atomic E-state index is 0.0550. The number of nitrogens with zero attached hydrogens (tertiary/aromatic N) is 3. The molecule has 1 heterocycles. The summed E-state index contributed by atoms with van der Waals surface area (Å²) >= 11 is 6.45. The Hall–Kier alpha value is -5.10. The number of rotatable bonds is 9. The third-order valence-electron chi connectivity index (χ3n) is 7.66. The van der Waals surface area contributed by atoms with Crippen molar-refractivity contribution >= 4 is 34.5 Å². The summed E-state index contributed by atoms with van der Waals surface area (Å²) in [6.07, 6.45) is -3.73. The van der Waals surface area contributed by atoms with Crippen LogP contribution in [0.5, 0.6) is 11.5 Å². The second-order valence-corrected chi connectivity index (χ2v) is 11.2. The van der Waals surface area contributed by atoms with Crippen molar-refractivity contribution in [3.63, 3.8) is 0 Å². The normalized spacial score (nSPS) is 15.2. The summed E-state index contributed by atoms with van der Waals surface area (Å²) in [6.45, 7) is 0.129. The van der Waals surface area contributed by atoms with E-state index in [4.69, 9.17) is 16.3 Å². The van der Waals surface area contributed by atoms with Gasteiger partial charge in [-0.3, -0.25) is 4.79 Å². The molecule has 1 aliphatic rings. The smallest absolute Gasteiger partial charge is 0.478 e. The predicted octanol–water partition coefficient (Wildman–Crippen LogP) is 7.04. The highest BCUT2D eigenvalue weighted by molar-refractivity contribution is 6.31. The Morgan fingerprint density at radius 3 is 2.65 bits per heavy atom. The molecule has 0 saturated heterocycles. The van der Waals surface area contributed by atoms with E-state index in [2.05, 4.69) is 26.4 Å². The first-order valence-corrected chi connectivity index (χ1v) is 14.7. The van der Waals surface area contributed by atoms with E-state index < -0.39 is 24.2 Å². The number of carboxylic acid groups (broad SMARTS) is 1. The fourth-order valence-corrected chi connectivity index (χ4v) is 5.73. The highest BCUT2D eigenvalue weighted by Crippen LogP contribution is 2.32. The number of benzene rings is 4. The van der Waals surface area contributed by atoms with Crippen LogP contribution in [-0.2, 0) is 17.8 Å². The zero-order valence-electron chi connectivity index (χ0n) is 24.0. The number of alkyl halides is 3. The zero-order chi connectivity index (χ0) is 32.4. The summed E-state index contributed by atoms with van der Waals surface area (Å²) in [5, 5.41) is 21.7. The summed E-state index contributed by atoms with van der Waals surface area (Å²) < 4.78 is 49.3. The molecule has 0 radical (unpaired) electrons. The molecule has 4 aromatic carbocycles. The van der Waals surface area contributed by atoms with Crippen LogP contribution >= 0.6 is 11.6 Å². The second kappa shape index (κ2) is 12.7. The highest BCUT2D eigenvalue weighted by Gasteiger charge is 2.32. The summed E-state index contributed by atoms with van der Waals surface area (Å²) in [4.78, 5) is 25.2. The fraction of sp³-hybridized carbons (Fsp3) is 0.212. The molecule has 1 amide bonds. The number of carbonyl (C=O) groups excluding carboxylic acids is 1. The first-order valence-electron chi connectivity index (χ1n) is 14.3. The predicted molar refractivity (Wildman–Crippen MR) is 162 cm³/mol. The maximum Gasteiger partial charge on any atom is 0.573 e. The van der Waals surface area contributed by atoms with Crippen molar-refractivity contribution in [2.75, 3.05) is 0 Å². The van der Waals surface area contributed by atoms with Crippen molar-refractivity contribution in [3.05, 3.63) is 118 Å². The third kappa shape index (κ3) is 6.91. The van der Waals surface area contributed by atoms with Gasteiger partial charge in [-0.1, -0.05) is 53.2 Å². The van der Waals surface area contributed by atoms with Gasteiger partial charge in [0, 0.05) is 16.1 Å². The van der Waals surface area contributed by atoms with Gasteiger partial charge in [0.2, 0.25) is 6.10 Å². The minimum Gasteiger partial charge on any atom is -0.478 e. The molecule has 46 heavy (non-hydrogen) atoms. The topological polar surface area (TPSA) is 116 Å². The first kappa shape index (κ1) is 30.9. The number of aromatic nitrogens is 3.